The molecule has 10 aromatic heterocycles. The second kappa shape index (κ2) is 44.4. The Morgan fingerprint density at radius 3 is 0.865 bits per heavy atom. The topological polar surface area (TPSA) is 173 Å². The molecular formula is C121H145N20+5. The highest BCUT2D eigenvalue weighted by molar-refractivity contribution is 5.85. The summed E-state index contributed by atoms with van der Waals surface area (Å²) in [5.74, 6) is 11.3. The van der Waals surface area contributed by atoms with Gasteiger partial charge in [-0.05, 0) is 229 Å². The van der Waals surface area contributed by atoms with Crippen LogP contribution in [0.3, 0.4) is 0 Å². The first-order valence-corrected chi connectivity index (χ1v) is 47.5. The molecule has 0 saturated heterocycles. The van der Waals surface area contributed by atoms with Gasteiger partial charge in [-0.15, -0.1) is 0 Å². The van der Waals surface area contributed by atoms with Gasteiger partial charge in [0, 0.05) is 30.1 Å². The van der Waals surface area contributed by atoms with Crippen LogP contribution in [-0.2, 0) is 35.2 Å². The van der Waals surface area contributed by atoms with Crippen LogP contribution in [0.5, 0.6) is 0 Å². The minimum atomic E-state index is 0. The lowest BCUT2D eigenvalue weighted by Crippen LogP contribution is -2.30. The normalized spacial score (nSPS) is 11.8. The van der Waals surface area contributed by atoms with Gasteiger partial charge in [0.25, 0.3) is 29.1 Å². The zero-order valence-electron chi connectivity index (χ0n) is 83.0. The summed E-state index contributed by atoms with van der Waals surface area (Å²) in [5, 5.41) is 0. The molecule has 0 atom stereocenters. The Labute approximate surface area is 835 Å². The second-order valence-corrected chi connectivity index (χ2v) is 36.9. The summed E-state index contributed by atoms with van der Waals surface area (Å²) < 4.78 is 22.7. The molecule has 141 heavy (non-hydrogen) atoms. The van der Waals surface area contributed by atoms with Gasteiger partial charge in [-0.3, -0.25) is 15.0 Å². The third kappa shape index (κ3) is 20.0. The summed E-state index contributed by atoms with van der Waals surface area (Å²) in [4.78, 5) is 48.7. The van der Waals surface area contributed by atoms with Gasteiger partial charge in [-0.25, -0.2) is 57.7 Å². The van der Waals surface area contributed by atoms with Crippen molar-refractivity contribution in [2.75, 3.05) is 0 Å². The largest absolute Gasteiger partial charge is 0.296 e. The molecule has 0 spiro atoms. The van der Waals surface area contributed by atoms with E-state index < -0.39 is 0 Å². The van der Waals surface area contributed by atoms with Gasteiger partial charge in [0.1, 0.15) is 28.5 Å². The van der Waals surface area contributed by atoms with Gasteiger partial charge >= 0.3 is 0 Å². The molecular weight excluding hydrogens is 1730 g/mol. The molecule has 20 aromatic rings. The molecule has 21 rings (SSSR count). The average Bonchev–Trinajstić information content (AvgIpc) is 1.68. The monoisotopic (exact) mass is 1880 g/mol. The molecule has 1 fully saturated rings. The number of aryl methyl sites for hydroxylation is 19. The zero-order valence-corrected chi connectivity index (χ0v) is 83.0. The van der Waals surface area contributed by atoms with E-state index in [0.29, 0.717) is 5.92 Å². The third-order valence-electron chi connectivity index (χ3n) is 27.0. The van der Waals surface area contributed by atoms with Crippen molar-refractivity contribution in [2.45, 2.75) is 212 Å². The minimum Gasteiger partial charge on any atom is -0.253 e. The highest BCUT2D eigenvalue weighted by Crippen LogP contribution is 2.41. The van der Waals surface area contributed by atoms with E-state index >= 15 is 0 Å². The van der Waals surface area contributed by atoms with Crippen LogP contribution in [0.25, 0.3) is 141 Å². The predicted octanol–water partition coefficient (Wildman–Crippen LogP) is 26.4. The highest BCUT2D eigenvalue weighted by Gasteiger charge is 2.38. The lowest BCUT2D eigenvalue weighted by molar-refractivity contribution is -0.634. The smallest absolute Gasteiger partial charge is 0.253 e. The van der Waals surface area contributed by atoms with Crippen molar-refractivity contribution in [2.24, 2.45) is 35.2 Å². The fourth-order valence-corrected chi connectivity index (χ4v) is 19.5. The summed E-state index contributed by atoms with van der Waals surface area (Å²) in [6.07, 6.45) is 11.7. The minimum absolute atomic E-state index is 0. The lowest BCUT2D eigenvalue weighted by Gasteiger charge is -2.22. The van der Waals surface area contributed by atoms with Gasteiger partial charge < -0.3 is 0 Å². The Morgan fingerprint density at radius 2 is 0.518 bits per heavy atom. The van der Waals surface area contributed by atoms with Crippen molar-refractivity contribution >= 4 is 55.2 Å². The van der Waals surface area contributed by atoms with E-state index in [1.807, 2.05) is 54.7 Å². The number of rotatable bonds is 13. The molecule has 0 aliphatic heterocycles. The quantitative estimate of drug-likeness (QED) is 0.101. The Balaban J connectivity index is 0.000000156. The van der Waals surface area contributed by atoms with Gasteiger partial charge in [0.15, 0.2) is 55.2 Å². The van der Waals surface area contributed by atoms with E-state index in [4.69, 9.17) is 39.9 Å². The van der Waals surface area contributed by atoms with E-state index in [-0.39, 0.29) is 49.0 Å². The van der Waals surface area contributed by atoms with Crippen molar-refractivity contribution in [3.63, 3.8) is 0 Å². The summed E-state index contributed by atoms with van der Waals surface area (Å²) in [6.45, 7) is 37.8. The first-order chi connectivity index (χ1) is 65.6. The van der Waals surface area contributed by atoms with Crippen LogP contribution in [-0.4, -0.2) is 72.7 Å². The van der Waals surface area contributed by atoms with Crippen molar-refractivity contribution in [3.8, 4) is 86.0 Å². The Morgan fingerprint density at radius 1 is 0.248 bits per heavy atom. The van der Waals surface area contributed by atoms with Crippen LogP contribution in [0.2, 0.25) is 0 Å². The van der Waals surface area contributed by atoms with Gasteiger partial charge in [0.2, 0.25) is 29.1 Å². The Hall–Kier alpha value is -15.1. The maximum atomic E-state index is 5.18. The molecule has 10 aromatic carbocycles. The number of para-hydroxylation sites is 10. The summed E-state index contributed by atoms with van der Waals surface area (Å²) in [5.41, 5.74) is 35.8. The Bertz CT molecular complexity index is 7920. The van der Waals surface area contributed by atoms with Crippen LogP contribution in [0.4, 0.5) is 0 Å². The van der Waals surface area contributed by atoms with Crippen LogP contribution in [0.1, 0.15) is 211 Å². The molecule has 0 N–H and O–H groups in total. The molecule has 1 saturated carbocycles. The lowest BCUT2D eigenvalue weighted by atomic mass is 9.86. The van der Waals surface area contributed by atoms with Crippen molar-refractivity contribution in [1.82, 2.24) is 72.7 Å². The Kier molecular flexibility index (Phi) is 33.0. The molecule has 10 heterocycles. The van der Waals surface area contributed by atoms with Crippen LogP contribution in [0.15, 0.2) is 261 Å². The molecule has 0 radical (unpaired) electrons. The van der Waals surface area contributed by atoms with E-state index in [0.717, 1.165) is 143 Å². The standard InChI is InChI=1S/C27H31N4.C24H27N4.2C22H23N4.C21H21N4.5CH4/c1-18-12-8-9-15-22(18)27-30(4)23-16-10-11-17-24(23)31(27)26-25(21-13-6-5-7-14-21)28-19(2)20(3)29-26;1-15(2)22-23(26-18(5)17(4)25-22)28-21-14-10-9-13-20(21)27(6)24(28)19-12-8-7-11-16(19)3;1-14-10-6-7-11-18(14)22-25(5)19-12-8-9-13-20(19)26(22)21-17(4)23-15(2)16(3)24-21;1-15(2)20-21(24-14-13-23-20)26-19-12-8-7-11-18(19)25(4)22(26)17-10-6-5-9-16(17)3;1-14-9-5-6-10-17(14)21-24(4)18-11-7-8-12-19(18)25(21)20-16(3)23-15(2)13-22-20;;;;;/h8-12,15-17,21H,5-7,13-14H2,1-4H3;7-15H,1-6H3;6-13H,1-5H3;5-15H,1-4H3;5-13H,1-4H3;5*1H4/q5*+1;;;;;. The maximum Gasteiger partial charge on any atom is 0.296 e. The number of aromatic nitrogens is 20. The highest BCUT2D eigenvalue weighted by atomic mass is 15.3. The zero-order chi connectivity index (χ0) is 95.8. The molecule has 0 bridgehead atoms. The molecule has 1 aliphatic rings. The number of imidazole rings is 5. The summed E-state index contributed by atoms with van der Waals surface area (Å²) >= 11 is 0. The first-order valence-electron chi connectivity index (χ1n) is 47.5. The fourth-order valence-electron chi connectivity index (χ4n) is 19.5. The third-order valence-corrected chi connectivity index (χ3v) is 27.0. The summed E-state index contributed by atoms with van der Waals surface area (Å²) in [6, 6.07) is 85.0. The van der Waals surface area contributed by atoms with Crippen molar-refractivity contribution < 1.29 is 22.8 Å². The van der Waals surface area contributed by atoms with Crippen LogP contribution in [0, 0.1) is 96.9 Å². The fraction of sp³-hybridized carbons (Fsp3) is 0.298. The van der Waals surface area contributed by atoms with Gasteiger partial charge in [-0.1, -0.05) is 236 Å². The van der Waals surface area contributed by atoms with Crippen molar-refractivity contribution in [1.29, 1.82) is 0 Å². The van der Waals surface area contributed by atoms with Crippen LogP contribution >= 0.6 is 0 Å². The van der Waals surface area contributed by atoms with Gasteiger partial charge in [0.05, 0.1) is 109 Å². The number of fused-ring (bicyclic) bond motifs is 5. The number of nitrogens with zero attached hydrogens (tertiary/aromatic N) is 20. The SMILES string of the molecule is C.C.C.C.C.Cc1ccccc1-c1n(-c2nc(C)c(C)nc2C(C)C)c2ccccc2[n+]1C.Cc1ccccc1-c1n(-c2nc(C)c(C)nc2C)c2ccccc2[n+]1C.Cc1ccccc1-c1n(-c2nc(C)c(C)nc2C2CCCCC2)c2ccccc2[n+]1C.Cc1ccccc1-c1n(-c2nccnc2C(C)C)c2ccccc2[n+]1C.Cc1cnc(-n2c(-c3ccccc3C)[n+](C)c3ccccc32)c(C)n1. The second-order valence-electron chi connectivity index (χ2n) is 36.9. The number of hydrogen-bond donors (Lipinski definition) is 0. The first kappa shape index (κ1) is 105. The maximum absolute atomic E-state index is 5.18. The average molecular weight is 1880 g/mol. The van der Waals surface area contributed by atoms with Gasteiger partial charge in [-0.2, -0.15) is 22.8 Å². The molecule has 20 nitrogen and oxygen atoms in total. The molecule has 1 aliphatic carbocycles. The number of hydrogen-bond acceptors (Lipinski definition) is 10. The van der Waals surface area contributed by atoms with E-state index in [1.165, 1.54) is 127 Å². The van der Waals surface area contributed by atoms with E-state index in [1.54, 1.807) is 12.4 Å². The summed E-state index contributed by atoms with van der Waals surface area (Å²) in [7, 11) is 10.6. The van der Waals surface area contributed by atoms with E-state index in [2.05, 4.69) is 410 Å². The molecule has 0 unspecified atom stereocenters. The van der Waals surface area contributed by atoms with Crippen molar-refractivity contribution in [3.05, 3.63) is 357 Å². The van der Waals surface area contributed by atoms with Crippen LogP contribution < -0.4 is 22.8 Å². The predicted molar refractivity (Wildman–Crippen MR) is 581 cm³/mol. The van der Waals surface area contributed by atoms with E-state index in [9.17, 15) is 0 Å². The number of benzene rings is 10. The molecule has 0 amide bonds. The molecule has 20 heteroatoms. The molecule has 724 valence electrons.